The molecule has 25 heavy (non-hydrogen) atoms. The molecule has 1 aliphatic rings. The van der Waals surface area contributed by atoms with Crippen molar-refractivity contribution in [2.75, 3.05) is 18.1 Å². The number of hydrogen-bond donors (Lipinski definition) is 0. The topological polar surface area (TPSA) is 29.5 Å². The Balaban J connectivity index is 1.67. The standard InChI is InChI=1S/C21H25NO2S/c1-16-8-11-19(12-9-16)24-15-21(23)22(18-6-4-3-5-7-18)14-20-13-10-17(2)25-20/h3-9,11-12,17,20H,10,13-15H2,1-2H3. The van der Waals surface area contributed by atoms with Crippen molar-refractivity contribution < 1.29 is 9.53 Å². The maximum atomic E-state index is 12.8. The molecule has 0 radical (unpaired) electrons. The molecule has 2 unspecified atom stereocenters. The average molecular weight is 356 g/mol. The highest BCUT2D eigenvalue weighted by Crippen LogP contribution is 2.34. The van der Waals surface area contributed by atoms with Gasteiger partial charge in [-0.25, -0.2) is 0 Å². The average Bonchev–Trinajstić information content (AvgIpc) is 3.05. The van der Waals surface area contributed by atoms with Crippen molar-refractivity contribution in [3.63, 3.8) is 0 Å². The van der Waals surface area contributed by atoms with E-state index in [1.165, 1.54) is 18.4 Å². The highest BCUT2D eigenvalue weighted by atomic mass is 32.2. The van der Waals surface area contributed by atoms with Crippen molar-refractivity contribution in [2.24, 2.45) is 0 Å². The molecule has 1 amide bonds. The van der Waals surface area contributed by atoms with E-state index >= 15 is 0 Å². The lowest BCUT2D eigenvalue weighted by Gasteiger charge is -2.26. The Hall–Kier alpha value is -1.94. The third-order valence-electron chi connectivity index (χ3n) is 4.46. The van der Waals surface area contributed by atoms with Gasteiger partial charge in [0.2, 0.25) is 0 Å². The molecule has 1 aliphatic heterocycles. The van der Waals surface area contributed by atoms with Crippen LogP contribution in [0.25, 0.3) is 0 Å². The van der Waals surface area contributed by atoms with Gasteiger partial charge in [0.05, 0.1) is 0 Å². The smallest absolute Gasteiger partial charge is 0.264 e. The molecule has 0 saturated carbocycles. The molecule has 1 saturated heterocycles. The van der Waals surface area contributed by atoms with Gasteiger partial charge in [0.1, 0.15) is 5.75 Å². The summed E-state index contributed by atoms with van der Waals surface area (Å²) < 4.78 is 5.71. The number of aryl methyl sites for hydroxylation is 1. The molecule has 0 aromatic heterocycles. The van der Waals surface area contributed by atoms with Crippen LogP contribution in [0.15, 0.2) is 54.6 Å². The highest BCUT2D eigenvalue weighted by Gasteiger charge is 2.27. The summed E-state index contributed by atoms with van der Waals surface area (Å²) in [4.78, 5) is 14.7. The first-order chi connectivity index (χ1) is 12.1. The van der Waals surface area contributed by atoms with Crippen molar-refractivity contribution in [1.29, 1.82) is 0 Å². The number of amides is 1. The second kappa shape index (κ2) is 8.43. The summed E-state index contributed by atoms with van der Waals surface area (Å²) in [6, 6.07) is 17.7. The zero-order valence-corrected chi connectivity index (χ0v) is 15.7. The molecular formula is C21H25NO2S. The molecule has 3 nitrogen and oxygen atoms in total. The summed E-state index contributed by atoms with van der Waals surface area (Å²) in [6.45, 7) is 5.10. The number of anilines is 1. The molecule has 2 aromatic carbocycles. The predicted octanol–water partition coefficient (Wildman–Crippen LogP) is 4.69. The fraction of sp³-hybridized carbons (Fsp3) is 0.381. The minimum absolute atomic E-state index is 0.00641. The SMILES string of the molecule is Cc1ccc(OCC(=O)N(CC2CCC(C)S2)c2ccccc2)cc1. The van der Waals surface area contributed by atoms with E-state index in [1.807, 2.05) is 78.2 Å². The van der Waals surface area contributed by atoms with Gasteiger partial charge in [-0.2, -0.15) is 11.8 Å². The second-order valence-electron chi connectivity index (χ2n) is 6.59. The number of ether oxygens (including phenoxy) is 1. The van der Waals surface area contributed by atoms with E-state index in [1.54, 1.807) is 0 Å². The van der Waals surface area contributed by atoms with Crippen LogP contribution in [0.5, 0.6) is 5.75 Å². The summed E-state index contributed by atoms with van der Waals surface area (Å²) in [6.07, 6.45) is 2.40. The normalized spacial score (nSPS) is 19.6. The molecule has 2 aromatic rings. The minimum atomic E-state index is 0.00641. The zero-order valence-electron chi connectivity index (χ0n) is 14.9. The van der Waals surface area contributed by atoms with Crippen LogP contribution in [-0.4, -0.2) is 29.6 Å². The van der Waals surface area contributed by atoms with Gasteiger partial charge in [-0.3, -0.25) is 4.79 Å². The van der Waals surface area contributed by atoms with E-state index in [4.69, 9.17) is 4.74 Å². The molecule has 1 heterocycles. The highest BCUT2D eigenvalue weighted by molar-refractivity contribution is 8.00. The van der Waals surface area contributed by atoms with Gasteiger partial charge in [-0.05, 0) is 44.0 Å². The molecular weight excluding hydrogens is 330 g/mol. The third-order valence-corrected chi connectivity index (χ3v) is 5.93. The summed E-state index contributed by atoms with van der Waals surface area (Å²) >= 11 is 1.99. The fourth-order valence-corrected chi connectivity index (χ4v) is 4.48. The number of rotatable bonds is 6. The Bertz CT molecular complexity index is 687. The van der Waals surface area contributed by atoms with Crippen LogP contribution in [0.1, 0.15) is 25.3 Å². The second-order valence-corrected chi connectivity index (χ2v) is 8.33. The van der Waals surface area contributed by atoms with Crippen LogP contribution in [0.4, 0.5) is 5.69 Å². The van der Waals surface area contributed by atoms with Gasteiger partial charge in [-0.1, -0.05) is 42.8 Å². The van der Waals surface area contributed by atoms with Crippen molar-refractivity contribution >= 4 is 23.4 Å². The lowest BCUT2D eigenvalue weighted by molar-refractivity contribution is -0.120. The fourth-order valence-electron chi connectivity index (χ4n) is 3.04. The summed E-state index contributed by atoms with van der Waals surface area (Å²) in [5, 5.41) is 1.18. The number of hydrogen-bond acceptors (Lipinski definition) is 3. The summed E-state index contributed by atoms with van der Waals surface area (Å²) in [7, 11) is 0. The molecule has 0 N–H and O–H groups in total. The first kappa shape index (κ1) is 17.9. The monoisotopic (exact) mass is 355 g/mol. The van der Waals surface area contributed by atoms with Crippen molar-refractivity contribution in [1.82, 2.24) is 0 Å². The number of carbonyl (C=O) groups excluding carboxylic acids is 1. The van der Waals surface area contributed by atoms with Gasteiger partial charge >= 0.3 is 0 Å². The van der Waals surface area contributed by atoms with E-state index in [2.05, 4.69) is 6.92 Å². The first-order valence-electron chi connectivity index (χ1n) is 8.82. The first-order valence-corrected chi connectivity index (χ1v) is 9.76. The minimum Gasteiger partial charge on any atom is -0.484 e. The summed E-state index contributed by atoms with van der Waals surface area (Å²) in [5.41, 5.74) is 2.12. The largest absolute Gasteiger partial charge is 0.484 e. The van der Waals surface area contributed by atoms with Crippen molar-refractivity contribution in [3.05, 3.63) is 60.2 Å². The number of benzene rings is 2. The molecule has 132 valence electrons. The molecule has 3 rings (SSSR count). The van der Waals surface area contributed by atoms with Crippen LogP contribution >= 0.6 is 11.8 Å². The Kier molecular flexibility index (Phi) is 6.03. The number of nitrogens with zero attached hydrogens (tertiary/aromatic N) is 1. The van der Waals surface area contributed by atoms with Crippen LogP contribution in [0, 0.1) is 6.92 Å². The van der Waals surface area contributed by atoms with Crippen molar-refractivity contribution in [3.8, 4) is 5.75 Å². The molecule has 2 atom stereocenters. The van der Waals surface area contributed by atoms with Crippen LogP contribution < -0.4 is 9.64 Å². The lowest BCUT2D eigenvalue weighted by atomic mass is 10.2. The van der Waals surface area contributed by atoms with Crippen molar-refractivity contribution in [2.45, 2.75) is 37.2 Å². The number of carbonyl (C=O) groups is 1. The van der Waals surface area contributed by atoms with Gasteiger partial charge in [-0.15, -0.1) is 0 Å². The van der Waals surface area contributed by atoms with E-state index < -0.39 is 0 Å². The molecule has 0 bridgehead atoms. The molecule has 4 heteroatoms. The summed E-state index contributed by atoms with van der Waals surface area (Å²) in [5.74, 6) is 0.739. The van der Waals surface area contributed by atoms with E-state index in [0.29, 0.717) is 10.5 Å². The van der Waals surface area contributed by atoms with Crippen LogP contribution in [0.3, 0.4) is 0 Å². The Morgan fingerprint density at radius 1 is 1.12 bits per heavy atom. The molecule has 0 aliphatic carbocycles. The molecule has 0 spiro atoms. The predicted molar refractivity (Wildman–Crippen MR) is 106 cm³/mol. The van der Waals surface area contributed by atoms with E-state index in [0.717, 1.165) is 18.0 Å². The van der Waals surface area contributed by atoms with E-state index in [9.17, 15) is 4.79 Å². The Morgan fingerprint density at radius 3 is 2.48 bits per heavy atom. The third kappa shape index (κ3) is 5.02. The quantitative estimate of drug-likeness (QED) is 0.753. The zero-order chi connectivity index (χ0) is 17.6. The Labute approximate surface area is 154 Å². The Morgan fingerprint density at radius 2 is 1.84 bits per heavy atom. The van der Waals surface area contributed by atoms with Crippen LogP contribution in [0.2, 0.25) is 0 Å². The van der Waals surface area contributed by atoms with Crippen LogP contribution in [-0.2, 0) is 4.79 Å². The van der Waals surface area contributed by atoms with Gasteiger partial charge in [0.25, 0.3) is 5.91 Å². The van der Waals surface area contributed by atoms with E-state index in [-0.39, 0.29) is 12.5 Å². The van der Waals surface area contributed by atoms with Gasteiger partial charge in [0, 0.05) is 22.7 Å². The maximum Gasteiger partial charge on any atom is 0.264 e. The van der Waals surface area contributed by atoms with Gasteiger partial charge < -0.3 is 9.64 Å². The lowest BCUT2D eigenvalue weighted by Crippen LogP contribution is -2.39. The number of thioether (sulfide) groups is 1. The molecule has 1 fully saturated rings. The van der Waals surface area contributed by atoms with Gasteiger partial charge in [0.15, 0.2) is 6.61 Å². The maximum absolute atomic E-state index is 12.8. The number of para-hydroxylation sites is 1.